The van der Waals surface area contributed by atoms with Gasteiger partial charge >= 0.3 is 0 Å². The first-order valence-corrected chi connectivity index (χ1v) is 5.66. The first-order chi connectivity index (χ1) is 8.30. The van der Waals surface area contributed by atoms with Gasteiger partial charge in [-0.1, -0.05) is 0 Å². The van der Waals surface area contributed by atoms with E-state index in [2.05, 4.69) is 5.32 Å². The first kappa shape index (κ1) is 14.4. The molecule has 0 saturated carbocycles. The van der Waals surface area contributed by atoms with Gasteiger partial charge in [0.1, 0.15) is 0 Å². The summed E-state index contributed by atoms with van der Waals surface area (Å²) in [4.78, 5) is 12.0. The number of aliphatic hydroxyl groups is 1. The lowest BCUT2D eigenvalue weighted by molar-refractivity contribution is -0.384. The second-order valence-electron chi connectivity index (χ2n) is 4.89. The predicted molar refractivity (Wildman–Crippen MR) is 70.8 cm³/mol. The van der Waals surface area contributed by atoms with Gasteiger partial charge in [-0.2, -0.15) is 0 Å². The highest BCUT2D eigenvalue weighted by atomic mass is 16.6. The van der Waals surface area contributed by atoms with E-state index in [-0.39, 0.29) is 5.69 Å². The molecule has 0 radical (unpaired) electrons. The molecule has 0 heterocycles. The van der Waals surface area contributed by atoms with E-state index in [4.69, 9.17) is 0 Å². The molecular weight excluding hydrogens is 234 g/mol. The Bertz CT molecular complexity index is 402. The summed E-state index contributed by atoms with van der Waals surface area (Å²) in [6.07, 6.45) is 0. The largest absolute Gasteiger partial charge is 0.387 e. The van der Waals surface area contributed by atoms with Gasteiger partial charge in [0.15, 0.2) is 0 Å². The summed E-state index contributed by atoms with van der Waals surface area (Å²) >= 11 is 0. The van der Waals surface area contributed by atoms with Gasteiger partial charge in [0.2, 0.25) is 0 Å². The Hall–Kier alpha value is -1.66. The molecule has 0 aliphatic carbocycles. The lowest BCUT2D eigenvalue weighted by atomic mass is 10.1. The van der Waals surface area contributed by atoms with Crippen LogP contribution in [-0.4, -0.2) is 47.7 Å². The van der Waals surface area contributed by atoms with Crippen LogP contribution in [0.3, 0.4) is 0 Å². The van der Waals surface area contributed by atoms with E-state index in [9.17, 15) is 15.2 Å². The summed E-state index contributed by atoms with van der Waals surface area (Å²) in [5.74, 6) is 0. The smallest absolute Gasteiger partial charge is 0.269 e. The van der Waals surface area contributed by atoms with Crippen molar-refractivity contribution >= 4 is 11.4 Å². The number of hydrogen-bond donors (Lipinski definition) is 2. The standard InChI is InChI=1S/C12H19N3O3/c1-12(16,9-14(2)3)8-13-10-4-6-11(7-5-10)15(17)18/h4-7,13,16H,8-9H2,1-3H3. The van der Waals surface area contributed by atoms with Gasteiger partial charge < -0.3 is 15.3 Å². The predicted octanol–water partition coefficient (Wildman–Crippen LogP) is 1.32. The Morgan fingerprint density at radius 1 is 1.39 bits per heavy atom. The number of nitro benzene ring substituents is 1. The van der Waals surface area contributed by atoms with Crippen molar-refractivity contribution in [3.8, 4) is 0 Å². The van der Waals surface area contributed by atoms with Crippen molar-refractivity contribution in [1.82, 2.24) is 4.90 Å². The van der Waals surface area contributed by atoms with Crippen LogP contribution in [0, 0.1) is 10.1 Å². The van der Waals surface area contributed by atoms with Crippen LogP contribution in [0.4, 0.5) is 11.4 Å². The summed E-state index contributed by atoms with van der Waals surface area (Å²) in [5.41, 5.74) is -0.0501. The average Bonchev–Trinajstić information content (AvgIpc) is 2.25. The normalized spacial score (nSPS) is 14.3. The lowest BCUT2D eigenvalue weighted by Crippen LogP contribution is -2.43. The van der Waals surface area contributed by atoms with E-state index in [1.807, 2.05) is 19.0 Å². The zero-order chi connectivity index (χ0) is 13.8. The fourth-order valence-electron chi connectivity index (χ4n) is 1.73. The maximum atomic E-state index is 10.5. The van der Waals surface area contributed by atoms with Crippen LogP contribution < -0.4 is 5.32 Å². The minimum absolute atomic E-state index is 0.0561. The van der Waals surface area contributed by atoms with Crippen molar-refractivity contribution < 1.29 is 10.0 Å². The van der Waals surface area contributed by atoms with E-state index in [1.165, 1.54) is 12.1 Å². The van der Waals surface area contributed by atoms with Crippen LogP contribution in [0.2, 0.25) is 0 Å². The molecule has 1 rings (SSSR count). The monoisotopic (exact) mass is 253 g/mol. The Balaban J connectivity index is 2.55. The van der Waals surface area contributed by atoms with Crippen molar-refractivity contribution in [2.24, 2.45) is 0 Å². The van der Waals surface area contributed by atoms with Gasteiger partial charge in [-0.25, -0.2) is 0 Å². The van der Waals surface area contributed by atoms with Gasteiger partial charge in [0.25, 0.3) is 5.69 Å². The summed E-state index contributed by atoms with van der Waals surface area (Å²) < 4.78 is 0. The number of benzene rings is 1. The van der Waals surface area contributed by atoms with Crippen molar-refractivity contribution in [3.05, 3.63) is 34.4 Å². The number of nitrogens with one attached hydrogen (secondary N) is 1. The molecule has 100 valence electrons. The average molecular weight is 253 g/mol. The molecule has 1 unspecified atom stereocenters. The molecule has 0 bridgehead atoms. The SMILES string of the molecule is CN(C)CC(C)(O)CNc1ccc([N+](=O)[O-])cc1. The second-order valence-corrected chi connectivity index (χ2v) is 4.89. The molecule has 1 aromatic carbocycles. The molecule has 1 atom stereocenters. The molecule has 1 aromatic rings. The molecular formula is C12H19N3O3. The summed E-state index contributed by atoms with van der Waals surface area (Å²) in [7, 11) is 3.78. The molecule has 0 fully saturated rings. The maximum Gasteiger partial charge on any atom is 0.269 e. The van der Waals surface area contributed by atoms with Crippen molar-refractivity contribution in [1.29, 1.82) is 0 Å². The molecule has 0 aliphatic heterocycles. The molecule has 6 nitrogen and oxygen atoms in total. The van der Waals surface area contributed by atoms with Crippen LogP contribution in [0.1, 0.15) is 6.92 Å². The van der Waals surface area contributed by atoms with Crippen LogP contribution in [0.15, 0.2) is 24.3 Å². The molecule has 2 N–H and O–H groups in total. The molecule has 0 amide bonds. The number of nitro groups is 1. The minimum atomic E-state index is -0.856. The second kappa shape index (κ2) is 5.79. The highest BCUT2D eigenvalue weighted by molar-refractivity contribution is 5.48. The molecule has 0 saturated heterocycles. The third-order valence-electron chi connectivity index (χ3n) is 2.41. The zero-order valence-corrected chi connectivity index (χ0v) is 10.9. The van der Waals surface area contributed by atoms with Crippen LogP contribution in [-0.2, 0) is 0 Å². The quantitative estimate of drug-likeness (QED) is 0.590. The Morgan fingerprint density at radius 2 is 1.94 bits per heavy atom. The van der Waals surface area contributed by atoms with E-state index in [0.29, 0.717) is 13.1 Å². The zero-order valence-electron chi connectivity index (χ0n) is 10.9. The van der Waals surface area contributed by atoms with E-state index < -0.39 is 10.5 Å². The summed E-state index contributed by atoms with van der Waals surface area (Å²) in [5, 5.41) is 23.6. The summed E-state index contributed by atoms with van der Waals surface area (Å²) in [6, 6.07) is 6.12. The third kappa shape index (κ3) is 4.68. The van der Waals surface area contributed by atoms with Gasteiger partial charge in [-0.15, -0.1) is 0 Å². The molecule has 0 aromatic heterocycles. The van der Waals surface area contributed by atoms with Gasteiger partial charge in [-0.3, -0.25) is 10.1 Å². The third-order valence-corrected chi connectivity index (χ3v) is 2.41. The topological polar surface area (TPSA) is 78.6 Å². The van der Waals surface area contributed by atoms with Crippen LogP contribution >= 0.6 is 0 Å². The molecule has 0 spiro atoms. The fraction of sp³-hybridized carbons (Fsp3) is 0.500. The van der Waals surface area contributed by atoms with Crippen LogP contribution in [0.25, 0.3) is 0 Å². The number of hydrogen-bond acceptors (Lipinski definition) is 5. The number of rotatable bonds is 6. The number of likely N-dealkylation sites (N-methyl/N-ethyl adjacent to an activating group) is 1. The molecule has 6 heteroatoms. The number of non-ortho nitro benzene ring substituents is 1. The van der Waals surface area contributed by atoms with Gasteiger partial charge in [-0.05, 0) is 33.2 Å². The molecule has 0 aliphatic rings. The van der Waals surface area contributed by atoms with Gasteiger partial charge in [0.05, 0.1) is 10.5 Å². The van der Waals surface area contributed by atoms with Crippen LogP contribution in [0.5, 0.6) is 0 Å². The fourth-order valence-corrected chi connectivity index (χ4v) is 1.73. The lowest BCUT2D eigenvalue weighted by Gasteiger charge is -2.27. The van der Waals surface area contributed by atoms with Crippen molar-refractivity contribution in [3.63, 3.8) is 0 Å². The highest BCUT2D eigenvalue weighted by Crippen LogP contribution is 2.16. The van der Waals surface area contributed by atoms with E-state index in [0.717, 1.165) is 5.69 Å². The Labute approximate surface area is 106 Å². The first-order valence-electron chi connectivity index (χ1n) is 5.66. The maximum absolute atomic E-state index is 10.5. The number of nitrogens with zero attached hydrogens (tertiary/aromatic N) is 2. The van der Waals surface area contributed by atoms with E-state index >= 15 is 0 Å². The Kier molecular flexibility index (Phi) is 4.63. The Morgan fingerprint density at radius 3 is 2.39 bits per heavy atom. The highest BCUT2D eigenvalue weighted by Gasteiger charge is 2.20. The summed E-state index contributed by atoms with van der Waals surface area (Å²) in [6.45, 7) is 2.65. The molecule has 18 heavy (non-hydrogen) atoms. The minimum Gasteiger partial charge on any atom is -0.387 e. The van der Waals surface area contributed by atoms with E-state index in [1.54, 1.807) is 19.1 Å². The number of anilines is 1. The van der Waals surface area contributed by atoms with Gasteiger partial charge in [0, 0.05) is 30.9 Å². The van der Waals surface area contributed by atoms with Crippen molar-refractivity contribution in [2.45, 2.75) is 12.5 Å². The van der Waals surface area contributed by atoms with Crippen molar-refractivity contribution in [2.75, 3.05) is 32.5 Å².